The fourth-order valence-electron chi connectivity index (χ4n) is 1.57. The van der Waals surface area contributed by atoms with Crippen LogP contribution in [0.1, 0.15) is 11.3 Å². The zero-order valence-electron chi connectivity index (χ0n) is 10.3. The molecule has 1 N–H and O–H groups in total. The van der Waals surface area contributed by atoms with Crippen molar-refractivity contribution < 1.29 is 13.2 Å². The van der Waals surface area contributed by atoms with Gasteiger partial charge in [0.15, 0.2) is 0 Å². The number of halogens is 4. The quantitative estimate of drug-likeness (QED) is 0.867. The van der Waals surface area contributed by atoms with Crippen molar-refractivity contribution in [2.75, 3.05) is 11.2 Å². The van der Waals surface area contributed by atoms with Gasteiger partial charge in [0.1, 0.15) is 5.69 Å². The zero-order valence-corrected chi connectivity index (χ0v) is 11.0. The van der Waals surface area contributed by atoms with Gasteiger partial charge in [0.25, 0.3) is 0 Å². The lowest BCUT2D eigenvalue weighted by Crippen LogP contribution is -2.10. The Kier molecular flexibility index (Phi) is 4.44. The monoisotopic (exact) mass is 301 g/mol. The highest BCUT2D eigenvalue weighted by Crippen LogP contribution is 2.28. The maximum Gasteiger partial charge on any atom is 0.433 e. The van der Waals surface area contributed by atoms with E-state index < -0.39 is 11.9 Å². The first-order valence-electron chi connectivity index (χ1n) is 5.81. The molecular weight excluding hydrogens is 291 g/mol. The molecule has 0 spiro atoms. The summed E-state index contributed by atoms with van der Waals surface area (Å²) in [5.41, 5.74) is 0.687. The van der Waals surface area contributed by atoms with Gasteiger partial charge in [-0.1, -0.05) is 12.1 Å². The van der Waals surface area contributed by atoms with E-state index in [0.717, 1.165) is 24.2 Å². The lowest BCUT2D eigenvalue weighted by Gasteiger charge is -2.09. The fourth-order valence-corrected chi connectivity index (χ4v) is 1.79. The van der Waals surface area contributed by atoms with Crippen molar-refractivity contribution in [3.8, 4) is 0 Å². The van der Waals surface area contributed by atoms with E-state index in [0.29, 0.717) is 11.6 Å². The maximum absolute atomic E-state index is 12.5. The van der Waals surface area contributed by atoms with Gasteiger partial charge in [0, 0.05) is 17.8 Å². The second-order valence-corrected chi connectivity index (χ2v) is 4.40. The van der Waals surface area contributed by atoms with Crippen LogP contribution in [-0.4, -0.2) is 15.8 Å². The molecule has 7 heteroatoms. The number of hydrogen-bond donors (Lipinski definition) is 1. The first kappa shape index (κ1) is 14.6. The van der Waals surface area contributed by atoms with Crippen LogP contribution in [0.25, 0.3) is 0 Å². The van der Waals surface area contributed by atoms with Gasteiger partial charge in [-0.2, -0.15) is 13.2 Å². The molecule has 1 aromatic heterocycles. The normalized spacial score (nSPS) is 11.4. The van der Waals surface area contributed by atoms with E-state index in [2.05, 4.69) is 15.3 Å². The summed E-state index contributed by atoms with van der Waals surface area (Å²) in [7, 11) is 0. The number of aromatic nitrogens is 2. The van der Waals surface area contributed by atoms with Crippen LogP contribution in [0.2, 0.25) is 0 Å². The van der Waals surface area contributed by atoms with Crippen LogP contribution in [0.15, 0.2) is 36.5 Å². The fraction of sp³-hybridized carbons (Fsp3) is 0.231. The Balaban J connectivity index is 2.13. The lowest BCUT2D eigenvalue weighted by atomic mass is 10.1. The number of alkyl halides is 4. The molecule has 2 rings (SSSR count). The molecule has 0 saturated carbocycles. The Labute approximate surface area is 118 Å². The largest absolute Gasteiger partial charge is 0.433 e. The number of nitrogens with zero attached hydrogens (tertiary/aromatic N) is 2. The minimum Gasteiger partial charge on any atom is -0.324 e. The highest BCUT2D eigenvalue weighted by Gasteiger charge is 2.32. The predicted octanol–water partition coefficient (Wildman–Crippen LogP) is 4.02. The summed E-state index contributed by atoms with van der Waals surface area (Å²) < 4.78 is 37.5. The maximum atomic E-state index is 12.5. The van der Waals surface area contributed by atoms with E-state index in [-0.39, 0.29) is 5.95 Å². The average Bonchev–Trinajstić information content (AvgIpc) is 2.41. The molecule has 0 amide bonds. The molecule has 0 aliphatic carbocycles. The van der Waals surface area contributed by atoms with Crippen molar-refractivity contribution in [3.05, 3.63) is 47.8 Å². The predicted molar refractivity (Wildman–Crippen MR) is 71.2 cm³/mol. The number of anilines is 2. The number of rotatable bonds is 4. The van der Waals surface area contributed by atoms with Gasteiger partial charge in [0.2, 0.25) is 5.95 Å². The van der Waals surface area contributed by atoms with Gasteiger partial charge in [-0.3, -0.25) is 0 Å². The summed E-state index contributed by atoms with van der Waals surface area (Å²) in [5.74, 6) is 0.425. The Hall–Kier alpha value is -1.82. The summed E-state index contributed by atoms with van der Waals surface area (Å²) >= 11 is 5.62. The van der Waals surface area contributed by atoms with Gasteiger partial charge in [-0.25, -0.2) is 9.97 Å². The molecule has 106 valence electrons. The van der Waals surface area contributed by atoms with Crippen LogP contribution in [-0.2, 0) is 12.6 Å². The van der Waals surface area contributed by atoms with E-state index in [1.807, 2.05) is 12.1 Å². The Morgan fingerprint density at radius 1 is 1.10 bits per heavy atom. The number of hydrogen-bond acceptors (Lipinski definition) is 3. The van der Waals surface area contributed by atoms with Crippen molar-refractivity contribution in [2.45, 2.75) is 12.6 Å². The smallest absolute Gasteiger partial charge is 0.324 e. The third-order valence-electron chi connectivity index (χ3n) is 2.54. The summed E-state index contributed by atoms with van der Waals surface area (Å²) in [5, 5.41) is 2.73. The molecule has 0 radical (unpaired) electrons. The highest BCUT2D eigenvalue weighted by atomic mass is 35.5. The first-order chi connectivity index (χ1) is 9.49. The molecule has 0 aliphatic rings. The third kappa shape index (κ3) is 3.84. The molecule has 0 bridgehead atoms. The molecule has 0 aliphatic heterocycles. The zero-order chi connectivity index (χ0) is 14.6. The van der Waals surface area contributed by atoms with Crippen LogP contribution in [0.3, 0.4) is 0 Å². The van der Waals surface area contributed by atoms with Crippen LogP contribution in [0.5, 0.6) is 0 Å². The van der Waals surface area contributed by atoms with Gasteiger partial charge >= 0.3 is 6.18 Å². The summed E-state index contributed by atoms with van der Waals surface area (Å²) in [6, 6.07) is 8.00. The van der Waals surface area contributed by atoms with Gasteiger partial charge < -0.3 is 5.32 Å². The molecule has 20 heavy (non-hydrogen) atoms. The van der Waals surface area contributed by atoms with Crippen molar-refractivity contribution in [1.82, 2.24) is 9.97 Å². The molecule has 1 aromatic carbocycles. The van der Waals surface area contributed by atoms with Crippen LogP contribution >= 0.6 is 11.6 Å². The van der Waals surface area contributed by atoms with E-state index in [1.165, 1.54) is 0 Å². The molecule has 0 unspecified atom stereocenters. The lowest BCUT2D eigenvalue weighted by molar-refractivity contribution is -0.141. The molecule has 2 aromatic rings. The van der Waals surface area contributed by atoms with Gasteiger partial charge in [0.05, 0.1) is 0 Å². The Bertz CT molecular complexity index is 570. The summed E-state index contributed by atoms with van der Waals surface area (Å²) in [4.78, 5) is 7.19. The number of benzene rings is 1. The molecule has 0 saturated heterocycles. The Morgan fingerprint density at radius 3 is 2.40 bits per heavy atom. The second-order valence-electron chi connectivity index (χ2n) is 4.02. The van der Waals surface area contributed by atoms with Crippen molar-refractivity contribution in [3.63, 3.8) is 0 Å². The molecular formula is C13H11ClF3N3. The minimum atomic E-state index is -4.48. The standard InChI is InChI=1S/C13H11ClF3N3/c14-7-5-9-1-3-10(4-2-9)19-12-18-8-6-11(20-12)13(15,16)17/h1-4,6,8H,5,7H2,(H,18,19,20). The second kappa shape index (κ2) is 6.09. The van der Waals surface area contributed by atoms with Crippen LogP contribution < -0.4 is 5.32 Å². The molecule has 3 nitrogen and oxygen atoms in total. The van der Waals surface area contributed by atoms with E-state index in [9.17, 15) is 13.2 Å². The number of nitrogens with one attached hydrogen (secondary N) is 1. The van der Waals surface area contributed by atoms with Crippen LogP contribution in [0.4, 0.5) is 24.8 Å². The third-order valence-corrected chi connectivity index (χ3v) is 2.73. The van der Waals surface area contributed by atoms with Crippen molar-refractivity contribution in [1.29, 1.82) is 0 Å². The minimum absolute atomic E-state index is 0.0927. The summed E-state index contributed by atoms with van der Waals surface area (Å²) in [6.07, 6.45) is -2.68. The van der Waals surface area contributed by atoms with Gasteiger partial charge in [-0.05, 0) is 30.2 Å². The van der Waals surface area contributed by atoms with Gasteiger partial charge in [-0.15, -0.1) is 11.6 Å². The highest BCUT2D eigenvalue weighted by molar-refractivity contribution is 6.17. The molecule has 0 atom stereocenters. The SMILES string of the molecule is FC(F)(F)c1ccnc(Nc2ccc(CCCl)cc2)n1. The van der Waals surface area contributed by atoms with Crippen molar-refractivity contribution >= 4 is 23.2 Å². The van der Waals surface area contributed by atoms with E-state index in [1.54, 1.807) is 12.1 Å². The molecule has 0 fully saturated rings. The first-order valence-corrected chi connectivity index (χ1v) is 6.34. The number of aryl methyl sites for hydroxylation is 1. The molecule has 1 heterocycles. The summed E-state index contributed by atoms with van der Waals surface area (Å²) in [6.45, 7) is 0. The van der Waals surface area contributed by atoms with E-state index >= 15 is 0 Å². The van der Waals surface area contributed by atoms with Crippen molar-refractivity contribution in [2.24, 2.45) is 0 Å². The van der Waals surface area contributed by atoms with Crippen LogP contribution in [0, 0.1) is 0 Å². The topological polar surface area (TPSA) is 37.8 Å². The average molecular weight is 302 g/mol. The Morgan fingerprint density at radius 2 is 1.80 bits per heavy atom. The van der Waals surface area contributed by atoms with E-state index in [4.69, 9.17) is 11.6 Å².